The van der Waals surface area contributed by atoms with Crippen molar-refractivity contribution in [2.24, 2.45) is 5.41 Å². The van der Waals surface area contributed by atoms with Gasteiger partial charge >= 0.3 is 0 Å². The van der Waals surface area contributed by atoms with E-state index in [0.717, 1.165) is 37.8 Å². The van der Waals surface area contributed by atoms with Gasteiger partial charge in [0.2, 0.25) is 0 Å². The molecule has 0 radical (unpaired) electrons. The van der Waals surface area contributed by atoms with Crippen molar-refractivity contribution in [3.05, 3.63) is 22.4 Å². The van der Waals surface area contributed by atoms with E-state index < -0.39 is 0 Å². The van der Waals surface area contributed by atoms with Gasteiger partial charge in [-0.25, -0.2) is 0 Å². The molecule has 2 aliphatic rings. The molecule has 1 amide bonds. The van der Waals surface area contributed by atoms with Crippen molar-refractivity contribution >= 4 is 17.2 Å². The molecule has 1 saturated heterocycles. The number of hydrogen-bond donors (Lipinski definition) is 1. The number of fused-ring (bicyclic) bond motifs is 1. The number of thiophene rings is 1. The standard InChI is InChI=1S/C14H19NO2S/c1-14-5-6-15(12(14)3-2-11(16)8-14)13(17)10-4-7-18-9-10/h4,7,9,11-12,16H,2-3,5-6,8H2,1H3/t11-,12-,14+/m1/s1. The van der Waals surface area contributed by atoms with E-state index in [9.17, 15) is 9.90 Å². The lowest BCUT2D eigenvalue weighted by Gasteiger charge is -2.41. The zero-order chi connectivity index (χ0) is 12.8. The summed E-state index contributed by atoms with van der Waals surface area (Å²) in [6.45, 7) is 3.06. The Kier molecular flexibility index (Phi) is 2.94. The molecular formula is C14H19NO2S. The summed E-state index contributed by atoms with van der Waals surface area (Å²) in [4.78, 5) is 14.5. The minimum absolute atomic E-state index is 0.114. The molecule has 1 aliphatic heterocycles. The minimum atomic E-state index is -0.178. The molecule has 1 aliphatic carbocycles. The zero-order valence-electron chi connectivity index (χ0n) is 10.6. The summed E-state index contributed by atoms with van der Waals surface area (Å²) < 4.78 is 0. The van der Waals surface area contributed by atoms with E-state index in [2.05, 4.69) is 6.92 Å². The lowest BCUT2D eigenvalue weighted by Crippen LogP contribution is -2.46. The van der Waals surface area contributed by atoms with Crippen LogP contribution in [0, 0.1) is 5.41 Å². The molecule has 1 saturated carbocycles. The summed E-state index contributed by atoms with van der Waals surface area (Å²) in [5.41, 5.74) is 0.930. The number of hydrogen-bond acceptors (Lipinski definition) is 3. The van der Waals surface area contributed by atoms with Crippen LogP contribution < -0.4 is 0 Å². The first-order chi connectivity index (χ1) is 8.60. The molecular weight excluding hydrogens is 246 g/mol. The molecule has 0 bridgehead atoms. The molecule has 2 heterocycles. The lowest BCUT2D eigenvalue weighted by molar-refractivity contribution is 0.0211. The Morgan fingerprint density at radius 1 is 1.56 bits per heavy atom. The van der Waals surface area contributed by atoms with Crippen LogP contribution in [0.3, 0.4) is 0 Å². The third-order valence-electron chi connectivity index (χ3n) is 4.61. The summed E-state index contributed by atoms with van der Waals surface area (Å²) in [6, 6.07) is 2.22. The molecule has 3 nitrogen and oxygen atoms in total. The highest BCUT2D eigenvalue weighted by Crippen LogP contribution is 2.46. The van der Waals surface area contributed by atoms with Crippen molar-refractivity contribution in [1.82, 2.24) is 4.90 Å². The highest BCUT2D eigenvalue weighted by molar-refractivity contribution is 7.08. The van der Waals surface area contributed by atoms with E-state index in [1.54, 1.807) is 11.3 Å². The smallest absolute Gasteiger partial charge is 0.254 e. The Morgan fingerprint density at radius 2 is 2.39 bits per heavy atom. The van der Waals surface area contributed by atoms with Gasteiger partial charge in [-0.15, -0.1) is 0 Å². The van der Waals surface area contributed by atoms with Crippen molar-refractivity contribution in [2.75, 3.05) is 6.54 Å². The van der Waals surface area contributed by atoms with Gasteiger partial charge in [0.1, 0.15) is 0 Å². The fraction of sp³-hybridized carbons (Fsp3) is 0.643. The highest BCUT2D eigenvalue weighted by atomic mass is 32.1. The maximum absolute atomic E-state index is 12.5. The predicted octanol–water partition coefficient (Wildman–Crippen LogP) is 2.51. The summed E-state index contributed by atoms with van der Waals surface area (Å²) >= 11 is 1.57. The monoisotopic (exact) mass is 265 g/mol. The molecule has 4 heteroatoms. The van der Waals surface area contributed by atoms with Crippen LogP contribution in [0.5, 0.6) is 0 Å². The van der Waals surface area contributed by atoms with Gasteiger partial charge in [-0.3, -0.25) is 4.79 Å². The number of aliphatic hydroxyl groups is 1. The van der Waals surface area contributed by atoms with Crippen molar-refractivity contribution in [3.63, 3.8) is 0 Å². The quantitative estimate of drug-likeness (QED) is 0.847. The Hall–Kier alpha value is -0.870. The predicted molar refractivity (Wildman–Crippen MR) is 71.7 cm³/mol. The van der Waals surface area contributed by atoms with E-state index >= 15 is 0 Å². The second-order valence-corrected chi connectivity index (χ2v) is 6.65. The van der Waals surface area contributed by atoms with E-state index in [-0.39, 0.29) is 17.4 Å². The van der Waals surface area contributed by atoms with Crippen molar-refractivity contribution < 1.29 is 9.90 Å². The highest BCUT2D eigenvalue weighted by Gasteiger charge is 2.48. The van der Waals surface area contributed by atoms with E-state index in [0.29, 0.717) is 6.04 Å². The van der Waals surface area contributed by atoms with Crippen molar-refractivity contribution in [2.45, 2.75) is 44.8 Å². The molecule has 0 spiro atoms. The number of amides is 1. The van der Waals surface area contributed by atoms with Gasteiger partial charge in [0.05, 0.1) is 11.7 Å². The summed E-state index contributed by atoms with van der Waals surface area (Å²) in [7, 11) is 0. The molecule has 1 N–H and O–H groups in total. The van der Waals surface area contributed by atoms with Gasteiger partial charge in [0, 0.05) is 18.0 Å². The maximum atomic E-state index is 12.5. The molecule has 3 atom stereocenters. The van der Waals surface area contributed by atoms with Crippen LogP contribution >= 0.6 is 11.3 Å². The Bertz CT molecular complexity index is 445. The molecule has 0 aromatic carbocycles. The largest absolute Gasteiger partial charge is 0.393 e. The van der Waals surface area contributed by atoms with E-state index in [1.807, 2.05) is 21.7 Å². The van der Waals surface area contributed by atoms with Gasteiger partial charge in [-0.1, -0.05) is 6.92 Å². The first-order valence-electron chi connectivity index (χ1n) is 6.61. The SMILES string of the molecule is C[C@@]12CCN(C(=O)c3ccsc3)[C@@H]1CC[C@@H](O)C2. The van der Waals surface area contributed by atoms with Crippen LogP contribution in [-0.2, 0) is 0 Å². The van der Waals surface area contributed by atoms with Crippen LogP contribution in [0.4, 0.5) is 0 Å². The van der Waals surface area contributed by atoms with Crippen molar-refractivity contribution in [1.29, 1.82) is 0 Å². The summed E-state index contributed by atoms with van der Waals surface area (Å²) in [5.74, 6) is 0.168. The third-order valence-corrected chi connectivity index (χ3v) is 5.29. The van der Waals surface area contributed by atoms with Gasteiger partial charge in [-0.2, -0.15) is 11.3 Å². The second-order valence-electron chi connectivity index (χ2n) is 5.87. The van der Waals surface area contributed by atoms with Crippen LogP contribution in [0.1, 0.15) is 43.0 Å². The van der Waals surface area contributed by atoms with Gasteiger partial charge < -0.3 is 10.0 Å². The van der Waals surface area contributed by atoms with Crippen LogP contribution in [0.15, 0.2) is 16.8 Å². The average molecular weight is 265 g/mol. The summed E-state index contributed by atoms with van der Waals surface area (Å²) in [6.07, 6.45) is 3.44. The number of aliphatic hydroxyl groups excluding tert-OH is 1. The molecule has 1 aromatic rings. The normalized spacial score (nSPS) is 35.6. The van der Waals surface area contributed by atoms with Crippen LogP contribution in [0.2, 0.25) is 0 Å². The van der Waals surface area contributed by atoms with Crippen LogP contribution in [0.25, 0.3) is 0 Å². The maximum Gasteiger partial charge on any atom is 0.254 e. The van der Waals surface area contributed by atoms with Gasteiger partial charge in [-0.05, 0) is 42.5 Å². The molecule has 3 rings (SSSR count). The molecule has 18 heavy (non-hydrogen) atoms. The topological polar surface area (TPSA) is 40.5 Å². The van der Waals surface area contributed by atoms with Gasteiger partial charge in [0.15, 0.2) is 0 Å². The zero-order valence-corrected chi connectivity index (χ0v) is 11.4. The van der Waals surface area contributed by atoms with E-state index in [4.69, 9.17) is 0 Å². The second kappa shape index (κ2) is 4.35. The number of nitrogens with zero attached hydrogens (tertiary/aromatic N) is 1. The van der Waals surface area contributed by atoms with E-state index in [1.165, 1.54) is 0 Å². The third kappa shape index (κ3) is 1.88. The number of rotatable bonds is 1. The molecule has 0 unspecified atom stereocenters. The van der Waals surface area contributed by atoms with Crippen molar-refractivity contribution in [3.8, 4) is 0 Å². The lowest BCUT2D eigenvalue weighted by atomic mass is 9.71. The number of carbonyl (C=O) groups is 1. The van der Waals surface area contributed by atoms with Gasteiger partial charge in [0.25, 0.3) is 5.91 Å². The molecule has 2 fully saturated rings. The first-order valence-corrected chi connectivity index (χ1v) is 7.56. The number of likely N-dealkylation sites (tertiary alicyclic amines) is 1. The fourth-order valence-corrected chi connectivity index (χ4v) is 4.23. The minimum Gasteiger partial charge on any atom is -0.393 e. The fourth-order valence-electron chi connectivity index (χ4n) is 3.60. The Morgan fingerprint density at radius 3 is 3.11 bits per heavy atom. The molecule has 1 aromatic heterocycles. The Balaban J connectivity index is 1.82. The summed E-state index contributed by atoms with van der Waals surface area (Å²) in [5, 5.41) is 13.7. The van der Waals surface area contributed by atoms with Crippen LogP contribution in [-0.4, -0.2) is 34.6 Å². The molecule has 98 valence electrons. The Labute approximate surface area is 111 Å². The first kappa shape index (κ1) is 12.2. The number of carbonyl (C=O) groups excluding carboxylic acids is 1. The average Bonchev–Trinajstić information content (AvgIpc) is 2.93.